The third-order valence-corrected chi connectivity index (χ3v) is 5.27. The molecule has 6 nitrogen and oxygen atoms in total. The first-order valence-corrected chi connectivity index (χ1v) is 8.93. The van der Waals surface area contributed by atoms with Gasteiger partial charge in [-0.1, -0.05) is 0 Å². The van der Waals surface area contributed by atoms with Crippen LogP contribution in [0.3, 0.4) is 0 Å². The Bertz CT molecular complexity index is 547. The van der Waals surface area contributed by atoms with Crippen LogP contribution in [-0.2, 0) is 9.47 Å². The first-order chi connectivity index (χ1) is 11.8. The number of pyridine rings is 1. The number of aromatic nitrogens is 1. The maximum atomic E-state index is 12.6. The van der Waals surface area contributed by atoms with Crippen LogP contribution in [0.5, 0.6) is 5.75 Å². The fourth-order valence-electron chi connectivity index (χ4n) is 4.13. The zero-order valence-corrected chi connectivity index (χ0v) is 13.8. The Morgan fingerprint density at radius 2 is 1.88 bits per heavy atom. The van der Waals surface area contributed by atoms with Crippen molar-refractivity contribution in [2.24, 2.45) is 0 Å². The molecule has 6 heteroatoms. The molecule has 4 rings (SSSR count). The summed E-state index contributed by atoms with van der Waals surface area (Å²) < 4.78 is 17.1. The van der Waals surface area contributed by atoms with Gasteiger partial charge in [0.05, 0.1) is 19.4 Å². The zero-order valence-electron chi connectivity index (χ0n) is 13.8. The van der Waals surface area contributed by atoms with Gasteiger partial charge >= 0.3 is 6.09 Å². The van der Waals surface area contributed by atoms with Gasteiger partial charge in [0, 0.05) is 44.0 Å². The van der Waals surface area contributed by atoms with E-state index >= 15 is 0 Å². The summed E-state index contributed by atoms with van der Waals surface area (Å²) in [5.74, 6) is 0.806. The highest BCUT2D eigenvalue weighted by molar-refractivity contribution is 5.69. The molecule has 1 aromatic rings. The summed E-state index contributed by atoms with van der Waals surface area (Å²) in [4.78, 5) is 18.7. The molecule has 0 saturated carbocycles. The maximum absolute atomic E-state index is 12.6. The minimum Gasteiger partial charge on any atom is -0.489 e. The van der Waals surface area contributed by atoms with Crippen LogP contribution in [0.1, 0.15) is 38.5 Å². The molecule has 0 spiro atoms. The van der Waals surface area contributed by atoms with Crippen molar-refractivity contribution in [3.05, 3.63) is 24.5 Å². The van der Waals surface area contributed by atoms with Gasteiger partial charge in [-0.2, -0.15) is 0 Å². The van der Waals surface area contributed by atoms with Gasteiger partial charge in [0.15, 0.2) is 0 Å². The second-order valence-electron chi connectivity index (χ2n) is 6.89. The molecule has 3 saturated heterocycles. The van der Waals surface area contributed by atoms with Crippen LogP contribution in [0, 0.1) is 0 Å². The molecule has 130 valence electrons. The molecule has 0 aromatic carbocycles. The van der Waals surface area contributed by atoms with Crippen molar-refractivity contribution in [2.45, 2.75) is 62.8 Å². The summed E-state index contributed by atoms with van der Waals surface area (Å²) in [7, 11) is 0. The van der Waals surface area contributed by atoms with Gasteiger partial charge in [0.2, 0.25) is 0 Å². The monoisotopic (exact) mass is 332 g/mol. The molecule has 4 heterocycles. The smallest absolute Gasteiger partial charge is 0.410 e. The number of amides is 1. The van der Waals surface area contributed by atoms with Crippen molar-refractivity contribution in [1.29, 1.82) is 0 Å². The third kappa shape index (κ3) is 3.34. The van der Waals surface area contributed by atoms with Gasteiger partial charge in [0.25, 0.3) is 0 Å². The summed E-state index contributed by atoms with van der Waals surface area (Å²) >= 11 is 0. The van der Waals surface area contributed by atoms with Crippen LogP contribution in [0.25, 0.3) is 0 Å². The standard InChI is InChI=1S/C18H24N2O4/c21-18(24-15-5-8-22-9-6-15)20-13-3-4-14(20)11-17(10-13)23-16-2-1-7-19-12-16/h1-2,7,12-15,17H,3-6,8-11H2. The Labute approximate surface area is 142 Å². The maximum Gasteiger partial charge on any atom is 0.410 e. The Morgan fingerprint density at radius 1 is 1.12 bits per heavy atom. The minimum atomic E-state index is -0.144. The fraction of sp³-hybridized carbons (Fsp3) is 0.667. The molecule has 2 bridgehead atoms. The topological polar surface area (TPSA) is 60.9 Å². The molecular weight excluding hydrogens is 308 g/mol. The molecule has 24 heavy (non-hydrogen) atoms. The molecule has 3 aliphatic heterocycles. The molecule has 2 atom stereocenters. The van der Waals surface area contributed by atoms with Gasteiger partial charge in [0.1, 0.15) is 18.0 Å². The summed E-state index contributed by atoms with van der Waals surface area (Å²) in [6.45, 7) is 1.37. The van der Waals surface area contributed by atoms with Crippen LogP contribution in [0.4, 0.5) is 4.79 Å². The van der Waals surface area contributed by atoms with Crippen molar-refractivity contribution in [2.75, 3.05) is 13.2 Å². The highest BCUT2D eigenvalue weighted by Gasteiger charge is 2.45. The number of carbonyl (C=O) groups is 1. The Morgan fingerprint density at radius 3 is 2.54 bits per heavy atom. The molecular formula is C18H24N2O4. The van der Waals surface area contributed by atoms with E-state index in [0.717, 1.165) is 44.3 Å². The van der Waals surface area contributed by atoms with E-state index in [1.54, 1.807) is 12.4 Å². The summed E-state index contributed by atoms with van der Waals surface area (Å²) in [6, 6.07) is 4.28. The normalized spacial score (nSPS) is 30.2. The van der Waals surface area contributed by atoms with Gasteiger partial charge in [-0.15, -0.1) is 0 Å². The number of rotatable bonds is 3. The summed E-state index contributed by atoms with van der Waals surface area (Å²) in [5.41, 5.74) is 0. The molecule has 0 radical (unpaired) electrons. The van der Waals surface area contributed by atoms with Crippen molar-refractivity contribution in [3.63, 3.8) is 0 Å². The largest absolute Gasteiger partial charge is 0.489 e. The molecule has 0 aliphatic carbocycles. The summed E-state index contributed by atoms with van der Waals surface area (Å²) in [6.07, 6.45) is 8.94. The predicted molar refractivity (Wildman–Crippen MR) is 86.9 cm³/mol. The highest BCUT2D eigenvalue weighted by atomic mass is 16.6. The van der Waals surface area contributed by atoms with E-state index in [1.807, 2.05) is 17.0 Å². The highest BCUT2D eigenvalue weighted by Crippen LogP contribution is 2.38. The second kappa shape index (κ2) is 6.97. The van der Waals surface area contributed by atoms with E-state index in [9.17, 15) is 4.79 Å². The van der Waals surface area contributed by atoms with E-state index in [1.165, 1.54) is 0 Å². The van der Waals surface area contributed by atoms with Gasteiger partial charge < -0.3 is 19.1 Å². The lowest BCUT2D eigenvalue weighted by molar-refractivity contribution is -0.0251. The molecule has 1 amide bonds. The Kier molecular flexibility index (Phi) is 4.56. The quantitative estimate of drug-likeness (QED) is 0.852. The fourth-order valence-corrected chi connectivity index (χ4v) is 4.13. The van der Waals surface area contributed by atoms with E-state index < -0.39 is 0 Å². The van der Waals surface area contributed by atoms with E-state index in [2.05, 4.69) is 4.98 Å². The number of nitrogens with zero attached hydrogens (tertiary/aromatic N) is 2. The molecule has 2 unspecified atom stereocenters. The van der Waals surface area contributed by atoms with Crippen molar-refractivity contribution >= 4 is 6.09 Å². The van der Waals surface area contributed by atoms with Crippen LogP contribution < -0.4 is 4.74 Å². The first kappa shape index (κ1) is 15.7. The van der Waals surface area contributed by atoms with E-state index in [4.69, 9.17) is 14.2 Å². The van der Waals surface area contributed by atoms with Crippen molar-refractivity contribution in [1.82, 2.24) is 9.88 Å². The van der Waals surface area contributed by atoms with Gasteiger partial charge in [-0.05, 0) is 25.0 Å². The molecule has 3 fully saturated rings. The second-order valence-corrected chi connectivity index (χ2v) is 6.89. The van der Waals surface area contributed by atoms with Crippen LogP contribution >= 0.6 is 0 Å². The average Bonchev–Trinajstić information content (AvgIpc) is 2.88. The number of piperidine rings is 1. The summed E-state index contributed by atoms with van der Waals surface area (Å²) in [5, 5.41) is 0. The van der Waals surface area contributed by atoms with E-state index in [-0.39, 0.29) is 30.4 Å². The molecule has 1 aromatic heterocycles. The van der Waals surface area contributed by atoms with Crippen LogP contribution in [0.2, 0.25) is 0 Å². The van der Waals surface area contributed by atoms with Crippen molar-refractivity contribution in [3.8, 4) is 5.75 Å². The minimum absolute atomic E-state index is 0.00927. The molecule has 0 N–H and O–H groups in total. The zero-order chi connectivity index (χ0) is 16.4. The number of hydrogen-bond donors (Lipinski definition) is 0. The number of carbonyl (C=O) groups excluding carboxylic acids is 1. The Hall–Kier alpha value is -1.82. The van der Waals surface area contributed by atoms with Gasteiger partial charge in [-0.3, -0.25) is 4.98 Å². The number of ether oxygens (including phenoxy) is 3. The lowest BCUT2D eigenvalue weighted by Crippen LogP contribution is -2.50. The molecule has 3 aliphatic rings. The SMILES string of the molecule is O=C(OC1CCOCC1)N1C2CCC1CC(Oc1cccnc1)C2. The number of fused-ring (bicyclic) bond motifs is 2. The van der Waals surface area contributed by atoms with Crippen LogP contribution in [-0.4, -0.2) is 53.5 Å². The lowest BCUT2D eigenvalue weighted by atomic mass is 10.00. The predicted octanol–water partition coefficient (Wildman–Crippen LogP) is 2.77. The van der Waals surface area contributed by atoms with Gasteiger partial charge in [-0.25, -0.2) is 4.79 Å². The van der Waals surface area contributed by atoms with Crippen LogP contribution in [0.15, 0.2) is 24.5 Å². The average molecular weight is 332 g/mol. The third-order valence-electron chi connectivity index (χ3n) is 5.27. The van der Waals surface area contributed by atoms with E-state index in [0.29, 0.717) is 13.2 Å². The Balaban J connectivity index is 1.35. The first-order valence-electron chi connectivity index (χ1n) is 8.93. The lowest BCUT2D eigenvalue weighted by Gasteiger charge is -2.39. The number of hydrogen-bond acceptors (Lipinski definition) is 5. The van der Waals surface area contributed by atoms with Crippen molar-refractivity contribution < 1.29 is 19.0 Å².